The van der Waals surface area contributed by atoms with Gasteiger partial charge in [-0.05, 0) is 39.2 Å². The molecule has 0 saturated heterocycles. The zero-order valence-corrected chi connectivity index (χ0v) is 21.4. The monoisotopic (exact) mass is 488 g/mol. The van der Waals surface area contributed by atoms with Crippen LogP contribution in [0.15, 0.2) is 55.1 Å². The highest BCUT2D eigenvalue weighted by Gasteiger charge is 2.34. The zero-order chi connectivity index (χ0) is 25.4. The molecule has 3 aromatic heterocycles. The van der Waals surface area contributed by atoms with E-state index in [2.05, 4.69) is 22.3 Å². The van der Waals surface area contributed by atoms with Gasteiger partial charge in [-0.25, -0.2) is 14.3 Å². The number of nitrogens with zero attached hydrogens (tertiary/aromatic N) is 6. The molecule has 0 radical (unpaired) electrons. The molecule has 1 amide bonds. The Morgan fingerprint density at radius 3 is 2.53 bits per heavy atom. The molecule has 5 rings (SSSR count). The van der Waals surface area contributed by atoms with Gasteiger partial charge >= 0.3 is 6.09 Å². The van der Waals surface area contributed by atoms with Crippen molar-refractivity contribution in [3.8, 4) is 28.3 Å². The van der Waals surface area contributed by atoms with Crippen LogP contribution in [0.5, 0.6) is 5.88 Å². The Bertz CT molecular complexity index is 1370. The van der Waals surface area contributed by atoms with E-state index < -0.39 is 5.60 Å². The molecule has 9 nitrogen and oxygen atoms in total. The topological polar surface area (TPSA) is 86.8 Å². The fraction of sp³-hybridized carbons (Fsp3) is 0.407. The maximum absolute atomic E-state index is 12.6. The molecule has 0 aliphatic heterocycles. The van der Waals surface area contributed by atoms with Crippen LogP contribution in [0.4, 0.5) is 4.79 Å². The minimum Gasteiger partial charge on any atom is -0.473 e. The van der Waals surface area contributed by atoms with Gasteiger partial charge in [0, 0.05) is 43.9 Å². The van der Waals surface area contributed by atoms with E-state index >= 15 is 0 Å². The highest BCUT2D eigenvalue weighted by molar-refractivity contribution is 5.84. The van der Waals surface area contributed by atoms with E-state index in [9.17, 15) is 4.79 Å². The summed E-state index contributed by atoms with van der Waals surface area (Å²) in [6.45, 7) is 5.63. The lowest BCUT2D eigenvalue weighted by Gasteiger charge is -2.28. The summed E-state index contributed by atoms with van der Waals surface area (Å²) in [5, 5.41) is 8.91. The molecule has 3 heterocycles. The Kier molecular flexibility index (Phi) is 6.15. The molecule has 0 bridgehead atoms. The first-order valence-electron chi connectivity index (χ1n) is 12.2. The number of hydrogen-bond acceptors (Lipinski definition) is 6. The molecule has 1 saturated carbocycles. The molecule has 1 aromatic carbocycles. The van der Waals surface area contributed by atoms with Crippen LogP contribution in [0.25, 0.3) is 27.9 Å². The van der Waals surface area contributed by atoms with Crippen molar-refractivity contribution < 1.29 is 14.3 Å². The minimum atomic E-state index is -0.530. The summed E-state index contributed by atoms with van der Waals surface area (Å²) in [5.74, 6) is 0.526. The largest absolute Gasteiger partial charge is 0.473 e. The van der Waals surface area contributed by atoms with Gasteiger partial charge in [-0.1, -0.05) is 30.3 Å². The summed E-state index contributed by atoms with van der Waals surface area (Å²) in [4.78, 5) is 19.2. The molecule has 36 heavy (non-hydrogen) atoms. The van der Waals surface area contributed by atoms with Crippen molar-refractivity contribution in [3.05, 3.63) is 55.1 Å². The second-order valence-electron chi connectivity index (χ2n) is 10.3. The second kappa shape index (κ2) is 9.29. The summed E-state index contributed by atoms with van der Waals surface area (Å²) in [5.41, 5.74) is 3.90. The van der Waals surface area contributed by atoms with E-state index in [1.54, 1.807) is 22.8 Å². The number of amides is 1. The van der Waals surface area contributed by atoms with Crippen LogP contribution in [-0.4, -0.2) is 60.2 Å². The van der Waals surface area contributed by atoms with Crippen LogP contribution in [0.1, 0.15) is 40.0 Å². The lowest BCUT2D eigenvalue weighted by Crippen LogP contribution is -2.40. The minimum absolute atomic E-state index is 0.0425. The lowest BCUT2D eigenvalue weighted by atomic mass is 10.1. The molecule has 0 N–H and O–H groups in total. The number of aryl methyl sites for hydroxylation is 1. The highest BCUT2D eigenvalue weighted by Crippen LogP contribution is 2.35. The third-order valence-electron chi connectivity index (χ3n) is 6.41. The molecular formula is C27H32N6O3. The fourth-order valence-corrected chi connectivity index (χ4v) is 4.60. The summed E-state index contributed by atoms with van der Waals surface area (Å²) >= 11 is 0. The Morgan fingerprint density at radius 1 is 1.06 bits per heavy atom. The normalized spacial score (nSPS) is 17.9. The summed E-state index contributed by atoms with van der Waals surface area (Å²) < 4.78 is 15.7. The van der Waals surface area contributed by atoms with Gasteiger partial charge in [0.2, 0.25) is 5.88 Å². The smallest absolute Gasteiger partial charge is 0.410 e. The number of ether oxygens (including phenoxy) is 2. The number of fused-ring (bicyclic) bond motifs is 1. The average molecular weight is 489 g/mol. The average Bonchev–Trinajstić information content (AvgIpc) is 3.57. The van der Waals surface area contributed by atoms with Crippen LogP contribution in [0.2, 0.25) is 0 Å². The third-order valence-corrected chi connectivity index (χ3v) is 6.41. The van der Waals surface area contributed by atoms with Crippen LogP contribution < -0.4 is 4.74 Å². The van der Waals surface area contributed by atoms with Crippen molar-refractivity contribution in [2.24, 2.45) is 7.05 Å². The maximum atomic E-state index is 12.6. The first-order valence-corrected chi connectivity index (χ1v) is 12.2. The maximum Gasteiger partial charge on any atom is 0.410 e. The number of hydrogen-bond donors (Lipinski definition) is 0. The predicted octanol–water partition coefficient (Wildman–Crippen LogP) is 4.96. The van der Waals surface area contributed by atoms with Gasteiger partial charge in [0.15, 0.2) is 0 Å². The first kappa shape index (κ1) is 23.8. The zero-order valence-electron chi connectivity index (χ0n) is 21.4. The van der Waals surface area contributed by atoms with Gasteiger partial charge in [-0.15, -0.1) is 0 Å². The standard InChI is InChI=1S/C27H32N6O3/c1-27(2,3)36-26(34)32(5)20-11-12-21(13-20)35-25-24-22(18-9-7-6-8-10-18)15-29-33(24)17-23(30-25)19-14-28-31(4)16-19/h6-10,14-17,20-21H,11-13H2,1-5H3. The van der Waals surface area contributed by atoms with Gasteiger partial charge in [0.25, 0.3) is 0 Å². The van der Waals surface area contributed by atoms with E-state index in [4.69, 9.17) is 14.5 Å². The number of aromatic nitrogens is 5. The highest BCUT2D eigenvalue weighted by atomic mass is 16.6. The van der Waals surface area contributed by atoms with Crippen molar-refractivity contribution in [2.75, 3.05) is 7.05 Å². The number of benzene rings is 1. The van der Waals surface area contributed by atoms with Crippen molar-refractivity contribution in [1.82, 2.24) is 29.3 Å². The van der Waals surface area contributed by atoms with Gasteiger partial charge < -0.3 is 14.4 Å². The molecular weight excluding hydrogens is 456 g/mol. The number of carbonyl (C=O) groups excluding carboxylic acids is 1. The predicted molar refractivity (Wildman–Crippen MR) is 137 cm³/mol. The Labute approximate surface area is 210 Å². The van der Waals surface area contributed by atoms with Crippen LogP contribution in [0.3, 0.4) is 0 Å². The van der Waals surface area contributed by atoms with E-state index in [1.807, 2.05) is 69.1 Å². The second-order valence-corrected chi connectivity index (χ2v) is 10.3. The molecule has 9 heteroatoms. The Balaban J connectivity index is 1.45. The summed E-state index contributed by atoms with van der Waals surface area (Å²) in [7, 11) is 3.67. The third kappa shape index (κ3) is 4.91. The van der Waals surface area contributed by atoms with E-state index in [0.717, 1.165) is 40.7 Å². The molecule has 1 aliphatic carbocycles. The lowest BCUT2D eigenvalue weighted by molar-refractivity contribution is 0.0218. The van der Waals surface area contributed by atoms with Gasteiger partial charge in [-0.2, -0.15) is 10.2 Å². The van der Waals surface area contributed by atoms with Crippen molar-refractivity contribution >= 4 is 11.6 Å². The van der Waals surface area contributed by atoms with E-state index in [0.29, 0.717) is 12.3 Å². The van der Waals surface area contributed by atoms with Crippen molar-refractivity contribution in [2.45, 2.75) is 57.8 Å². The quantitative estimate of drug-likeness (QED) is 0.395. The number of carbonyl (C=O) groups is 1. The molecule has 2 atom stereocenters. The van der Waals surface area contributed by atoms with Gasteiger partial charge in [0.1, 0.15) is 17.2 Å². The van der Waals surface area contributed by atoms with E-state index in [1.165, 1.54) is 0 Å². The van der Waals surface area contributed by atoms with Crippen LogP contribution in [0, 0.1) is 0 Å². The van der Waals surface area contributed by atoms with Crippen LogP contribution in [-0.2, 0) is 11.8 Å². The molecule has 2 unspecified atom stereocenters. The SMILES string of the molecule is CN(C(=O)OC(C)(C)C)C1CCC(Oc2nc(-c3cnn(C)c3)cn3ncc(-c4ccccc4)c23)C1. The molecule has 0 spiro atoms. The van der Waals surface area contributed by atoms with Crippen molar-refractivity contribution in [1.29, 1.82) is 0 Å². The van der Waals surface area contributed by atoms with Gasteiger partial charge in [0.05, 0.1) is 24.3 Å². The molecule has 4 aromatic rings. The Hall–Kier alpha value is -3.88. The van der Waals surface area contributed by atoms with Gasteiger partial charge in [-0.3, -0.25) is 4.68 Å². The van der Waals surface area contributed by atoms with Crippen molar-refractivity contribution in [3.63, 3.8) is 0 Å². The van der Waals surface area contributed by atoms with E-state index in [-0.39, 0.29) is 18.2 Å². The number of rotatable bonds is 5. The molecule has 1 aliphatic rings. The molecule has 188 valence electrons. The first-order chi connectivity index (χ1) is 17.2. The summed E-state index contributed by atoms with van der Waals surface area (Å²) in [6.07, 6.45) is 9.41. The summed E-state index contributed by atoms with van der Waals surface area (Å²) in [6, 6.07) is 10.1. The Morgan fingerprint density at radius 2 is 1.83 bits per heavy atom. The fourth-order valence-electron chi connectivity index (χ4n) is 4.60. The molecule has 1 fully saturated rings. The van der Waals surface area contributed by atoms with Crippen LogP contribution >= 0.6 is 0 Å².